The van der Waals surface area contributed by atoms with Crippen LogP contribution in [0.5, 0.6) is 5.75 Å². The molecule has 0 radical (unpaired) electrons. The van der Waals surface area contributed by atoms with Gasteiger partial charge in [-0.05, 0) is 29.0 Å². The minimum Gasteiger partial charge on any atom is -0.496 e. The Morgan fingerprint density at radius 3 is 2.39 bits per heavy atom. The first-order valence-corrected chi connectivity index (χ1v) is 8.82. The van der Waals surface area contributed by atoms with Crippen molar-refractivity contribution in [3.8, 4) is 5.75 Å². The second kappa shape index (κ2) is 7.06. The number of methoxy groups -OCH3 is 1. The van der Waals surface area contributed by atoms with Gasteiger partial charge in [0.1, 0.15) is 12.3 Å². The van der Waals surface area contributed by atoms with Gasteiger partial charge in [0, 0.05) is 18.7 Å². The third-order valence-corrected chi connectivity index (χ3v) is 5.89. The molecule has 2 rings (SSSR count). The van der Waals surface area contributed by atoms with Crippen molar-refractivity contribution in [3.63, 3.8) is 0 Å². The molecule has 0 bridgehead atoms. The second-order valence-corrected chi connectivity index (χ2v) is 6.94. The average Bonchev–Trinajstić information content (AvgIpc) is 2.55. The van der Waals surface area contributed by atoms with Crippen molar-refractivity contribution in [2.24, 2.45) is 5.18 Å². The van der Waals surface area contributed by atoms with Crippen LogP contribution in [0.2, 0.25) is 0 Å². The molecule has 0 aromatic heterocycles. The van der Waals surface area contributed by atoms with Gasteiger partial charge < -0.3 is 4.74 Å². The fraction of sp³-hybridized carbons (Fsp3) is 0.375. The number of hydrogen-bond donors (Lipinski definition) is 0. The van der Waals surface area contributed by atoms with Crippen LogP contribution in [0.4, 0.5) is 0 Å². The average molecular weight is 336 g/mol. The summed E-state index contributed by atoms with van der Waals surface area (Å²) in [7, 11) is -1.99. The van der Waals surface area contributed by atoms with E-state index in [1.807, 2.05) is 0 Å². The highest BCUT2D eigenvalue weighted by molar-refractivity contribution is 7.89. The molecule has 6 nitrogen and oxygen atoms in total. The van der Waals surface area contributed by atoms with Crippen LogP contribution in [-0.4, -0.2) is 32.9 Å². The van der Waals surface area contributed by atoms with E-state index in [0.29, 0.717) is 24.4 Å². The lowest BCUT2D eigenvalue weighted by Crippen LogP contribution is -2.30. The van der Waals surface area contributed by atoms with Crippen LogP contribution in [0.1, 0.15) is 19.4 Å². The van der Waals surface area contributed by atoms with Gasteiger partial charge >= 0.3 is 0 Å². The number of rotatable bonds is 7. The van der Waals surface area contributed by atoms with Gasteiger partial charge in [0.05, 0.1) is 12.0 Å². The van der Waals surface area contributed by atoms with Gasteiger partial charge in [-0.3, -0.25) is 0 Å². The molecule has 0 saturated carbocycles. The zero-order chi connectivity index (χ0) is 17.0. The van der Waals surface area contributed by atoms with E-state index in [0.717, 1.165) is 10.8 Å². The van der Waals surface area contributed by atoms with E-state index in [-0.39, 0.29) is 11.4 Å². The number of fused-ring (bicyclic) bond motifs is 1. The summed E-state index contributed by atoms with van der Waals surface area (Å²) in [6, 6.07) is 8.38. The Bertz CT molecular complexity index is 814. The Hall–Kier alpha value is -1.99. The van der Waals surface area contributed by atoms with Crippen molar-refractivity contribution in [1.82, 2.24) is 4.31 Å². The van der Waals surface area contributed by atoms with Crippen molar-refractivity contribution in [2.45, 2.75) is 25.3 Å². The molecule has 0 unspecified atom stereocenters. The zero-order valence-corrected chi connectivity index (χ0v) is 14.3. The summed E-state index contributed by atoms with van der Waals surface area (Å²) in [6.07, 6.45) is 0. The SMILES string of the molecule is CCN(CC)S(=O)(=O)c1ccc2c(CN=O)c(OC)ccc2c1. The van der Waals surface area contributed by atoms with Gasteiger partial charge in [-0.1, -0.05) is 31.2 Å². The van der Waals surface area contributed by atoms with Gasteiger partial charge in [-0.2, -0.15) is 9.21 Å². The Kier molecular flexibility index (Phi) is 5.33. The van der Waals surface area contributed by atoms with E-state index in [2.05, 4.69) is 5.18 Å². The van der Waals surface area contributed by atoms with Crippen LogP contribution in [0.3, 0.4) is 0 Å². The molecule has 2 aromatic carbocycles. The topological polar surface area (TPSA) is 76.0 Å². The molecular formula is C16H20N2O4S. The standard InChI is InChI=1S/C16H20N2O4S/c1-4-18(5-2)23(20,21)13-7-8-14-12(10-13)6-9-16(22-3)15(14)11-17-19/h6-10H,4-5,11H2,1-3H3. The molecule has 0 aliphatic rings. The lowest BCUT2D eigenvalue weighted by molar-refractivity contribution is 0.410. The van der Waals surface area contributed by atoms with Crippen molar-refractivity contribution >= 4 is 20.8 Å². The number of nitroso groups, excluding NO2 is 1. The Labute approximate surface area is 136 Å². The third kappa shape index (κ3) is 3.20. The van der Waals surface area contributed by atoms with E-state index in [4.69, 9.17) is 4.74 Å². The molecule has 0 N–H and O–H groups in total. The summed E-state index contributed by atoms with van der Waals surface area (Å²) in [4.78, 5) is 10.9. The first-order chi connectivity index (χ1) is 11.0. The molecule has 0 aliphatic heterocycles. The van der Waals surface area contributed by atoms with Gasteiger partial charge in [0.15, 0.2) is 0 Å². The normalized spacial score (nSPS) is 11.8. The quantitative estimate of drug-likeness (QED) is 0.728. The summed E-state index contributed by atoms with van der Waals surface area (Å²) < 4.78 is 31.9. The number of hydrogen-bond acceptors (Lipinski definition) is 5. The van der Waals surface area contributed by atoms with Crippen molar-refractivity contribution in [1.29, 1.82) is 0 Å². The third-order valence-electron chi connectivity index (χ3n) is 3.85. The first-order valence-electron chi connectivity index (χ1n) is 7.38. The van der Waals surface area contributed by atoms with E-state index >= 15 is 0 Å². The molecule has 23 heavy (non-hydrogen) atoms. The smallest absolute Gasteiger partial charge is 0.243 e. The summed E-state index contributed by atoms with van der Waals surface area (Å²) >= 11 is 0. The van der Waals surface area contributed by atoms with Gasteiger partial charge in [0.25, 0.3) is 0 Å². The maximum absolute atomic E-state index is 12.6. The fourth-order valence-electron chi connectivity index (χ4n) is 2.64. The molecule has 0 spiro atoms. The van der Waals surface area contributed by atoms with Gasteiger partial charge in [0.2, 0.25) is 10.0 Å². The number of nitrogens with zero attached hydrogens (tertiary/aromatic N) is 2. The van der Waals surface area contributed by atoms with Gasteiger partial charge in [-0.15, -0.1) is 0 Å². The molecule has 0 heterocycles. The van der Waals surface area contributed by atoms with Crippen LogP contribution < -0.4 is 4.74 Å². The maximum atomic E-state index is 12.6. The molecule has 2 aromatic rings. The predicted molar refractivity (Wildman–Crippen MR) is 90.1 cm³/mol. The van der Waals surface area contributed by atoms with Crippen LogP contribution in [0, 0.1) is 4.91 Å². The monoisotopic (exact) mass is 336 g/mol. The van der Waals surface area contributed by atoms with Crippen molar-refractivity contribution < 1.29 is 13.2 Å². The molecular weight excluding hydrogens is 316 g/mol. The number of sulfonamides is 1. The molecule has 7 heteroatoms. The number of benzene rings is 2. The Balaban J connectivity index is 2.63. The molecule has 0 atom stereocenters. The van der Waals surface area contributed by atoms with E-state index in [1.165, 1.54) is 11.4 Å². The van der Waals surface area contributed by atoms with Crippen molar-refractivity contribution in [2.75, 3.05) is 20.2 Å². The Morgan fingerprint density at radius 2 is 1.83 bits per heavy atom. The molecule has 124 valence electrons. The summed E-state index contributed by atoms with van der Waals surface area (Å²) in [5, 5.41) is 4.43. The van der Waals surface area contributed by atoms with Crippen molar-refractivity contribution in [3.05, 3.63) is 40.8 Å². The first kappa shape index (κ1) is 17.4. The van der Waals surface area contributed by atoms with E-state index < -0.39 is 10.0 Å². The highest BCUT2D eigenvalue weighted by Crippen LogP contribution is 2.31. The maximum Gasteiger partial charge on any atom is 0.243 e. The van der Waals surface area contributed by atoms with Crippen LogP contribution in [0.15, 0.2) is 40.4 Å². The predicted octanol–water partition coefficient (Wildman–Crippen LogP) is 3.15. The summed E-state index contributed by atoms with van der Waals surface area (Å²) in [5.74, 6) is 0.566. The summed E-state index contributed by atoms with van der Waals surface area (Å²) in [5.41, 5.74) is 0.659. The highest BCUT2D eigenvalue weighted by atomic mass is 32.2. The molecule has 0 amide bonds. The highest BCUT2D eigenvalue weighted by Gasteiger charge is 2.22. The Morgan fingerprint density at radius 1 is 1.13 bits per heavy atom. The van der Waals surface area contributed by atoms with Gasteiger partial charge in [-0.25, -0.2) is 8.42 Å². The van der Waals surface area contributed by atoms with Crippen LogP contribution in [-0.2, 0) is 16.6 Å². The zero-order valence-electron chi connectivity index (χ0n) is 13.4. The minimum absolute atomic E-state index is 0.0251. The lowest BCUT2D eigenvalue weighted by Gasteiger charge is -2.19. The van der Waals surface area contributed by atoms with E-state index in [1.54, 1.807) is 44.2 Å². The fourth-order valence-corrected chi connectivity index (χ4v) is 4.14. The van der Waals surface area contributed by atoms with Crippen LogP contribution >= 0.6 is 0 Å². The minimum atomic E-state index is -3.52. The second-order valence-electron chi connectivity index (χ2n) is 5.01. The summed E-state index contributed by atoms with van der Waals surface area (Å²) in [6.45, 7) is 4.42. The molecule has 0 saturated heterocycles. The van der Waals surface area contributed by atoms with E-state index in [9.17, 15) is 13.3 Å². The largest absolute Gasteiger partial charge is 0.496 e. The molecule has 0 fully saturated rings. The van der Waals surface area contributed by atoms with Crippen LogP contribution in [0.25, 0.3) is 10.8 Å². The number of ether oxygens (including phenoxy) is 1. The lowest BCUT2D eigenvalue weighted by atomic mass is 10.0. The molecule has 0 aliphatic carbocycles.